The molecule has 1 saturated carbocycles. The van der Waals surface area contributed by atoms with Crippen LogP contribution >= 0.6 is 0 Å². The molecule has 134 valence electrons. The Balaban J connectivity index is 1.83. The van der Waals surface area contributed by atoms with Crippen LogP contribution in [0.5, 0.6) is 0 Å². The van der Waals surface area contributed by atoms with E-state index in [1.165, 1.54) is 0 Å². The maximum Gasteiger partial charge on any atom is 0.173 e. The van der Waals surface area contributed by atoms with Crippen molar-refractivity contribution in [3.63, 3.8) is 0 Å². The van der Waals surface area contributed by atoms with Crippen molar-refractivity contribution in [3.8, 4) is 0 Å². The summed E-state index contributed by atoms with van der Waals surface area (Å²) < 4.78 is 0. The molecular weight excluding hydrogens is 314 g/mol. The maximum absolute atomic E-state index is 13.0. The average Bonchev–Trinajstić information content (AvgIpc) is 2.82. The molecule has 1 aromatic carbocycles. The van der Waals surface area contributed by atoms with Crippen LogP contribution in [0, 0.1) is 26.7 Å². The second kappa shape index (κ2) is 7.22. The molecule has 1 atom stereocenters. The molecule has 1 aromatic rings. The van der Waals surface area contributed by atoms with Crippen molar-refractivity contribution >= 4 is 11.6 Å². The smallest absolute Gasteiger partial charge is 0.173 e. The number of allylic oxidation sites excluding steroid dienone is 2. The fourth-order valence-corrected chi connectivity index (χ4v) is 4.30. The van der Waals surface area contributed by atoms with Crippen molar-refractivity contribution in [2.75, 3.05) is 20.2 Å². The van der Waals surface area contributed by atoms with Gasteiger partial charge in [0.05, 0.1) is 7.11 Å². The predicted molar refractivity (Wildman–Crippen MR) is 97.4 cm³/mol. The molecule has 25 heavy (non-hydrogen) atoms. The fourth-order valence-electron chi connectivity index (χ4n) is 4.30. The van der Waals surface area contributed by atoms with Crippen molar-refractivity contribution in [2.45, 2.75) is 46.0 Å². The molecule has 4 heteroatoms. The number of hydroxylamine groups is 2. The Morgan fingerprint density at radius 1 is 1.08 bits per heavy atom. The summed E-state index contributed by atoms with van der Waals surface area (Å²) >= 11 is 0. The standard InChI is InChI=1S/C21H27NO3/c1-13-9-14(2)19(15(3)10-13)20-18(23)12-17(21(20)24)11-16-5-7-22(25-4)8-6-16/h9-11,16,20H,5-8,12H2,1-4H3/b17-11+. The van der Waals surface area contributed by atoms with Gasteiger partial charge in [0.25, 0.3) is 0 Å². The van der Waals surface area contributed by atoms with E-state index in [9.17, 15) is 9.59 Å². The van der Waals surface area contributed by atoms with Gasteiger partial charge in [0, 0.05) is 19.5 Å². The summed E-state index contributed by atoms with van der Waals surface area (Å²) in [6.45, 7) is 7.77. The molecule has 1 aliphatic carbocycles. The highest BCUT2D eigenvalue weighted by atomic mass is 16.7. The number of ketones is 2. The highest BCUT2D eigenvalue weighted by Crippen LogP contribution is 2.37. The van der Waals surface area contributed by atoms with Gasteiger partial charge in [-0.1, -0.05) is 23.8 Å². The number of piperidine rings is 1. The minimum Gasteiger partial charge on any atom is -0.302 e. The normalized spacial score (nSPS) is 24.5. The molecule has 4 nitrogen and oxygen atoms in total. The van der Waals surface area contributed by atoms with E-state index >= 15 is 0 Å². The minimum absolute atomic E-state index is 0.00854. The lowest BCUT2D eigenvalue weighted by Crippen LogP contribution is -2.32. The van der Waals surface area contributed by atoms with E-state index in [2.05, 4.69) is 18.2 Å². The van der Waals surface area contributed by atoms with Crippen molar-refractivity contribution in [3.05, 3.63) is 46.0 Å². The number of hydrogen-bond acceptors (Lipinski definition) is 4. The lowest BCUT2D eigenvalue weighted by molar-refractivity contribution is -0.145. The summed E-state index contributed by atoms with van der Waals surface area (Å²) in [6.07, 6.45) is 4.27. The molecule has 0 bridgehead atoms. The quantitative estimate of drug-likeness (QED) is 0.624. The largest absolute Gasteiger partial charge is 0.302 e. The van der Waals surface area contributed by atoms with Gasteiger partial charge in [-0.25, -0.2) is 0 Å². The third-order valence-electron chi connectivity index (χ3n) is 5.49. The number of aryl methyl sites for hydroxylation is 3. The molecule has 3 rings (SSSR count). The number of Topliss-reactive ketones (excluding diaryl/α,β-unsaturated/α-hetero) is 2. The first-order valence-corrected chi connectivity index (χ1v) is 9.05. The number of nitrogens with zero attached hydrogens (tertiary/aromatic N) is 1. The van der Waals surface area contributed by atoms with Crippen molar-refractivity contribution in [1.82, 2.24) is 5.06 Å². The Morgan fingerprint density at radius 3 is 2.24 bits per heavy atom. The minimum atomic E-state index is -0.606. The molecule has 0 aromatic heterocycles. The van der Waals surface area contributed by atoms with E-state index in [0.717, 1.165) is 48.2 Å². The molecule has 2 aliphatic rings. The van der Waals surface area contributed by atoms with Crippen LogP contribution in [0.25, 0.3) is 0 Å². The third-order valence-corrected chi connectivity index (χ3v) is 5.49. The predicted octanol–water partition coefficient (Wildman–Crippen LogP) is 3.44. The van der Waals surface area contributed by atoms with Crippen LogP contribution in [0.2, 0.25) is 0 Å². The van der Waals surface area contributed by atoms with Gasteiger partial charge < -0.3 is 4.84 Å². The van der Waals surface area contributed by atoms with Gasteiger partial charge in [-0.05, 0) is 61.8 Å². The summed E-state index contributed by atoms with van der Waals surface area (Å²) in [5, 5.41) is 1.94. The number of carbonyl (C=O) groups is 2. The summed E-state index contributed by atoms with van der Waals surface area (Å²) in [6, 6.07) is 4.12. The summed E-state index contributed by atoms with van der Waals surface area (Å²) in [4.78, 5) is 30.9. The third kappa shape index (κ3) is 3.60. The van der Waals surface area contributed by atoms with Gasteiger partial charge in [-0.3, -0.25) is 9.59 Å². The summed E-state index contributed by atoms with van der Waals surface area (Å²) in [5.74, 6) is -0.196. The first-order chi connectivity index (χ1) is 11.9. The maximum atomic E-state index is 13.0. The van der Waals surface area contributed by atoms with Gasteiger partial charge in [-0.15, -0.1) is 0 Å². The zero-order chi connectivity index (χ0) is 18.1. The van der Waals surface area contributed by atoms with Crippen molar-refractivity contribution in [2.24, 2.45) is 5.92 Å². The Bertz CT molecular complexity index is 704. The van der Waals surface area contributed by atoms with Crippen LogP contribution in [0.3, 0.4) is 0 Å². The Morgan fingerprint density at radius 2 is 1.68 bits per heavy atom. The van der Waals surface area contributed by atoms with Crippen LogP contribution in [-0.4, -0.2) is 36.8 Å². The second-order valence-electron chi connectivity index (χ2n) is 7.39. The van der Waals surface area contributed by atoms with E-state index in [1.54, 1.807) is 7.11 Å². The molecule has 1 unspecified atom stereocenters. The van der Waals surface area contributed by atoms with Crippen LogP contribution in [0.1, 0.15) is 47.4 Å². The highest BCUT2D eigenvalue weighted by Gasteiger charge is 2.40. The van der Waals surface area contributed by atoms with Crippen LogP contribution < -0.4 is 0 Å². The Labute approximate surface area is 149 Å². The monoisotopic (exact) mass is 341 g/mol. The average molecular weight is 341 g/mol. The van der Waals surface area contributed by atoms with Crippen LogP contribution in [0.15, 0.2) is 23.8 Å². The molecule has 0 amide bonds. The van der Waals surface area contributed by atoms with Crippen LogP contribution in [-0.2, 0) is 14.4 Å². The molecule has 0 N–H and O–H groups in total. The van der Waals surface area contributed by atoms with Crippen molar-refractivity contribution < 1.29 is 14.4 Å². The Kier molecular flexibility index (Phi) is 5.21. The zero-order valence-corrected chi connectivity index (χ0v) is 15.6. The lowest BCUT2D eigenvalue weighted by Gasteiger charge is -2.28. The van der Waals surface area contributed by atoms with Gasteiger partial charge in [0.15, 0.2) is 11.6 Å². The number of rotatable bonds is 3. The van der Waals surface area contributed by atoms with Crippen molar-refractivity contribution in [1.29, 1.82) is 0 Å². The van der Waals surface area contributed by atoms with E-state index in [1.807, 2.05) is 25.8 Å². The SMILES string of the molecule is CON1CCC(/C=C2\CC(=O)C(c3c(C)cc(C)cc3C)C2=O)CC1. The first-order valence-electron chi connectivity index (χ1n) is 9.05. The molecule has 0 spiro atoms. The lowest BCUT2D eigenvalue weighted by atomic mass is 9.86. The highest BCUT2D eigenvalue weighted by molar-refractivity contribution is 6.23. The molecule has 1 saturated heterocycles. The Hall–Kier alpha value is -1.78. The van der Waals surface area contributed by atoms with E-state index < -0.39 is 5.92 Å². The number of hydrogen-bond donors (Lipinski definition) is 0. The van der Waals surface area contributed by atoms with Gasteiger partial charge >= 0.3 is 0 Å². The van der Waals surface area contributed by atoms with E-state index in [4.69, 9.17) is 4.84 Å². The van der Waals surface area contributed by atoms with Gasteiger partial charge in [0.2, 0.25) is 0 Å². The molecule has 1 heterocycles. The summed E-state index contributed by atoms with van der Waals surface area (Å²) in [5.41, 5.74) is 4.87. The molecular formula is C21H27NO3. The number of carbonyl (C=O) groups excluding carboxylic acids is 2. The summed E-state index contributed by atoms with van der Waals surface area (Å²) in [7, 11) is 1.69. The van der Waals surface area contributed by atoms with Gasteiger partial charge in [-0.2, -0.15) is 5.06 Å². The van der Waals surface area contributed by atoms with E-state index in [-0.39, 0.29) is 18.0 Å². The molecule has 2 fully saturated rings. The topological polar surface area (TPSA) is 46.6 Å². The zero-order valence-electron chi connectivity index (χ0n) is 15.6. The van der Waals surface area contributed by atoms with E-state index in [0.29, 0.717) is 11.5 Å². The molecule has 1 aliphatic heterocycles. The van der Waals surface area contributed by atoms with Crippen LogP contribution in [0.4, 0.5) is 0 Å². The van der Waals surface area contributed by atoms with Gasteiger partial charge in [0.1, 0.15) is 5.92 Å². The molecule has 0 radical (unpaired) electrons. The second-order valence-corrected chi connectivity index (χ2v) is 7.39. The first kappa shape index (κ1) is 18.0. The fraction of sp³-hybridized carbons (Fsp3) is 0.524. The number of benzene rings is 1.